The van der Waals surface area contributed by atoms with Gasteiger partial charge in [0.2, 0.25) is 0 Å². The Morgan fingerprint density at radius 3 is 1.43 bits per heavy atom. The van der Waals surface area contributed by atoms with Crippen LogP contribution < -0.4 is 0 Å². The van der Waals surface area contributed by atoms with Crippen molar-refractivity contribution in [3.63, 3.8) is 0 Å². The topological polar surface area (TPSA) is 0 Å². The summed E-state index contributed by atoms with van der Waals surface area (Å²) in [5, 5.41) is 0. The minimum Gasteiger partial charge on any atom is -0.0743 e. The third-order valence-electron chi connectivity index (χ3n) is 2.44. The fourth-order valence-corrected chi connectivity index (χ4v) is 1.73. The molecule has 0 amide bonds. The first-order chi connectivity index (χ1) is 6.21. The van der Waals surface area contributed by atoms with E-state index in [9.17, 15) is 0 Å². The Hall–Kier alpha value is -0.0500. The van der Waals surface area contributed by atoms with Crippen LogP contribution >= 0.6 is 22.6 Å². The monoisotopic (exact) mass is 302 g/mol. The summed E-state index contributed by atoms with van der Waals surface area (Å²) in [5.74, 6) is 0. The van der Waals surface area contributed by atoms with E-state index in [0.29, 0.717) is 0 Å². The number of rotatable bonds is 1. The van der Waals surface area contributed by atoms with E-state index in [2.05, 4.69) is 81.5 Å². The summed E-state index contributed by atoms with van der Waals surface area (Å²) in [7, 11) is 0. The van der Waals surface area contributed by atoms with Gasteiger partial charge in [0.15, 0.2) is 0 Å². The molecule has 0 aliphatic rings. The lowest BCUT2D eigenvalue weighted by Gasteiger charge is -2.22. The highest BCUT2D eigenvalue weighted by molar-refractivity contribution is 14.1. The maximum atomic E-state index is 2.48. The van der Waals surface area contributed by atoms with Gasteiger partial charge in [-0.25, -0.2) is 0 Å². The molecule has 0 aliphatic carbocycles. The molecule has 1 heteroatoms. The van der Waals surface area contributed by atoms with Gasteiger partial charge in [0.25, 0.3) is 0 Å². The molecule has 0 heterocycles. The predicted octanol–water partition coefficient (Wildman–Crippen LogP) is 4.65. The van der Waals surface area contributed by atoms with Crippen LogP contribution in [0.3, 0.4) is 0 Å². The highest BCUT2D eigenvalue weighted by Gasteiger charge is 2.17. The van der Waals surface area contributed by atoms with Crippen molar-refractivity contribution in [3.8, 4) is 0 Å². The number of halogens is 1. The largest absolute Gasteiger partial charge is 0.0743 e. The van der Waals surface area contributed by atoms with Crippen molar-refractivity contribution in [1.29, 1.82) is 0 Å². The van der Waals surface area contributed by atoms with Crippen molar-refractivity contribution in [1.82, 2.24) is 0 Å². The minimum absolute atomic E-state index is 0.230. The average molecular weight is 302 g/mol. The molecule has 0 saturated heterocycles. The van der Waals surface area contributed by atoms with Crippen LogP contribution in [0, 0.1) is 0 Å². The van der Waals surface area contributed by atoms with Crippen molar-refractivity contribution in [2.75, 3.05) is 0 Å². The third-order valence-corrected chi connectivity index (χ3v) is 3.06. The summed E-state index contributed by atoms with van der Waals surface area (Å²) in [6.07, 6.45) is 0. The van der Waals surface area contributed by atoms with Gasteiger partial charge in [-0.3, -0.25) is 0 Å². The standard InChI is InChI=1S/C13H19I/c1-12(2,3)10-6-8-11(9-7-10)13(4,5)14/h6-9H,1-5H3. The van der Waals surface area contributed by atoms with Gasteiger partial charge in [-0.15, -0.1) is 0 Å². The molecule has 14 heavy (non-hydrogen) atoms. The van der Waals surface area contributed by atoms with Crippen molar-refractivity contribution < 1.29 is 0 Å². The van der Waals surface area contributed by atoms with Crippen molar-refractivity contribution in [2.45, 2.75) is 43.5 Å². The highest BCUT2D eigenvalue weighted by Crippen LogP contribution is 2.32. The van der Waals surface area contributed by atoms with E-state index in [1.807, 2.05) is 0 Å². The second-order valence-electron chi connectivity index (χ2n) is 5.30. The lowest BCUT2D eigenvalue weighted by Crippen LogP contribution is -2.12. The third kappa shape index (κ3) is 2.97. The number of hydrogen-bond donors (Lipinski definition) is 0. The van der Waals surface area contributed by atoms with E-state index in [1.54, 1.807) is 0 Å². The minimum atomic E-state index is 0.230. The van der Waals surface area contributed by atoms with Gasteiger partial charge in [0, 0.05) is 3.42 Å². The molecule has 0 aromatic heterocycles. The van der Waals surface area contributed by atoms with Crippen LogP contribution in [0.2, 0.25) is 0 Å². The fourth-order valence-electron chi connectivity index (χ4n) is 1.37. The molecule has 0 fully saturated rings. The zero-order valence-corrected chi connectivity index (χ0v) is 11.8. The average Bonchev–Trinajstić information content (AvgIpc) is 2.01. The Labute approximate surface area is 101 Å². The molecule has 0 bridgehead atoms. The summed E-state index contributed by atoms with van der Waals surface area (Å²) in [5.41, 5.74) is 3.06. The van der Waals surface area contributed by atoms with E-state index < -0.39 is 0 Å². The molecule has 1 aromatic rings. The second kappa shape index (κ2) is 3.84. The zero-order valence-electron chi connectivity index (χ0n) is 9.69. The van der Waals surface area contributed by atoms with Crippen LogP contribution in [-0.2, 0) is 8.84 Å². The molecule has 0 unspecified atom stereocenters. The van der Waals surface area contributed by atoms with E-state index in [4.69, 9.17) is 0 Å². The first-order valence-corrected chi connectivity index (χ1v) is 6.09. The van der Waals surface area contributed by atoms with E-state index in [-0.39, 0.29) is 8.84 Å². The fraction of sp³-hybridized carbons (Fsp3) is 0.538. The summed E-state index contributed by atoms with van der Waals surface area (Å²) in [6, 6.07) is 8.98. The van der Waals surface area contributed by atoms with Crippen LogP contribution in [0.4, 0.5) is 0 Å². The molecule has 0 atom stereocenters. The summed E-state index contributed by atoms with van der Waals surface area (Å²) in [4.78, 5) is 0. The highest BCUT2D eigenvalue weighted by atomic mass is 127. The van der Waals surface area contributed by atoms with Gasteiger partial charge >= 0.3 is 0 Å². The molecule has 0 saturated carbocycles. The maximum absolute atomic E-state index is 2.48. The van der Waals surface area contributed by atoms with Crippen molar-refractivity contribution >= 4 is 22.6 Å². The number of hydrogen-bond acceptors (Lipinski definition) is 0. The van der Waals surface area contributed by atoms with Crippen LogP contribution in [-0.4, -0.2) is 0 Å². The second-order valence-corrected chi connectivity index (χ2v) is 8.00. The van der Waals surface area contributed by atoms with E-state index in [1.165, 1.54) is 11.1 Å². The Balaban J connectivity index is 3.02. The molecule has 0 nitrogen and oxygen atoms in total. The lowest BCUT2D eigenvalue weighted by atomic mass is 9.86. The predicted molar refractivity (Wildman–Crippen MR) is 72.2 cm³/mol. The van der Waals surface area contributed by atoms with E-state index in [0.717, 1.165) is 0 Å². The molecular weight excluding hydrogens is 283 g/mol. The van der Waals surface area contributed by atoms with Crippen molar-refractivity contribution in [2.24, 2.45) is 0 Å². The van der Waals surface area contributed by atoms with E-state index >= 15 is 0 Å². The molecule has 0 N–H and O–H groups in total. The smallest absolute Gasteiger partial charge is 0.0414 e. The molecular formula is C13H19I. The molecule has 0 radical (unpaired) electrons. The quantitative estimate of drug-likeness (QED) is 0.523. The molecule has 1 rings (SSSR count). The van der Waals surface area contributed by atoms with Crippen LogP contribution in [0.1, 0.15) is 45.7 Å². The van der Waals surface area contributed by atoms with Gasteiger partial charge in [-0.05, 0) is 30.4 Å². The van der Waals surface area contributed by atoms with Crippen LogP contribution in [0.5, 0.6) is 0 Å². The lowest BCUT2D eigenvalue weighted by molar-refractivity contribution is 0.589. The Bertz CT molecular complexity index is 262. The summed E-state index contributed by atoms with van der Waals surface area (Å²) < 4.78 is 0.230. The summed E-state index contributed by atoms with van der Waals surface area (Å²) >= 11 is 2.48. The van der Waals surface area contributed by atoms with Gasteiger partial charge in [0.1, 0.15) is 0 Å². The van der Waals surface area contributed by atoms with Crippen LogP contribution in [0.15, 0.2) is 24.3 Å². The normalized spacial score (nSPS) is 13.0. The van der Waals surface area contributed by atoms with Gasteiger partial charge in [0.05, 0.1) is 0 Å². The Morgan fingerprint density at radius 2 is 1.14 bits per heavy atom. The first kappa shape index (κ1) is 12.0. The number of alkyl halides is 1. The van der Waals surface area contributed by atoms with Gasteiger partial charge < -0.3 is 0 Å². The van der Waals surface area contributed by atoms with Gasteiger partial charge in [-0.1, -0.05) is 67.6 Å². The number of benzene rings is 1. The molecule has 78 valence electrons. The summed E-state index contributed by atoms with van der Waals surface area (Å²) in [6.45, 7) is 11.2. The first-order valence-electron chi connectivity index (χ1n) is 5.01. The molecule has 1 aromatic carbocycles. The Morgan fingerprint density at radius 1 is 0.786 bits per heavy atom. The van der Waals surface area contributed by atoms with Crippen LogP contribution in [0.25, 0.3) is 0 Å². The zero-order chi connectivity index (χ0) is 11.0. The Kier molecular flexibility index (Phi) is 3.30. The molecule has 0 spiro atoms. The maximum Gasteiger partial charge on any atom is 0.0414 e. The van der Waals surface area contributed by atoms with Gasteiger partial charge in [-0.2, -0.15) is 0 Å². The SMILES string of the molecule is CC(C)(C)c1ccc(C(C)(C)I)cc1. The molecule has 0 aliphatic heterocycles. The van der Waals surface area contributed by atoms with Crippen molar-refractivity contribution in [3.05, 3.63) is 35.4 Å².